The van der Waals surface area contributed by atoms with Crippen molar-refractivity contribution >= 4 is 11.8 Å². The van der Waals surface area contributed by atoms with Crippen molar-refractivity contribution in [2.45, 2.75) is 0 Å². The van der Waals surface area contributed by atoms with E-state index in [2.05, 4.69) is 29.9 Å². The van der Waals surface area contributed by atoms with Gasteiger partial charge in [0, 0.05) is 0 Å². The van der Waals surface area contributed by atoms with E-state index in [9.17, 15) is 9.59 Å². The van der Waals surface area contributed by atoms with E-state index in [0.29, 0.717) is 0 Å². The van der Waals surface area contributed by atoms with Crippen molar-refractivity contribution in [1.82, 2.24) is 20.6 Å². The quantitative estimate of drug-likeness (QED) is 0.623. The summed E-state index contributed by atoms with van der Waals surface area (Å²) in [7, 11) is 0. The second-order valence-electron chi connectivity index (χ2n) is 2.65. The van der Waals surface area contributed by atoms with Gasteiger partial charge in [-0.15, -0.1) is 0 Å². The number of carbonyl (C=O) groups excluding carboxylic acids is 2. The third-order valence-corrected chi connectivity index (χ3v) is 1.67. The van der Waals surface area contributed by atoms with Crippen LogP contribution in [0.2, 0.25) is 0 Å². The lowest BCUT2D eigenvalue weighted by molar-refractivity contribution is 0.0981. The van der Waals surface area contributed by atoms with E-state index in [1.807, 2.05) is 0 Å². The monoisotopic (exact) mass is 224 g/mol. The molecule has 0 saturated carbocycles. The normalized spacial score (nSPS) is 10.2. The zero-order valence-corrected chi connectivity index (χ0v) is 7.58. The van der Waals surface area contributed by atoms with Crippen LogP contribution in [-0.2, 0) is 0 Å². The van der Waals surface area contributed by atoms with Crippen molar-refractivity contribution in [2.24, 2.45) is 11.5 Å². The Morgan fingerprint density at radius 3 is 1.50 bits per heavy atom. The van der Waals surface area contributed by atoms with E-state index >= 15 is 0 Å². The van der Waals surface area contributed by atoms with Crippen LogP contribution in [0.3, 0.4) is 0 Å². The summed E-state index contributed by atoms with van der Waals surface area (Å²) in [5.41, 5.74) is 9.10. The Hall–Kier alpha value is -2.78. The maximum absolute atomic E-state index is 10.9. The van der Waals surface area contributed by atoms with Gasteiger partial charge in [-0.05, 0) is 20.6 Å². The first-order valence-corrected chi connectivity index (χ1v) is 3.86. The predicted molar refractivity (Wildman–Crippen MR) is 44.6 cm³/mol. The average Bonchev–Trinajstić information content (AvgIpc) is 2.85. The highest BCUT2D eigenvalue weighted by atomic mass is 16.6. The molecule has 0 aliphatic carbocycles. The lowest BCUT2D eigenvalue weighted by Gasteiger charge is -1.90. The molecule has 0 fully saturated rings. The predicted octanol–water partition coefficient (Wildman–Crippen LogP) is -1.68. The minimum absolute atomic E-state index is 0.150. The number of amides is 2. The molecule has 10 nitrogen and oxygen atoms in total. The Morgan fingerprint density at radius 1 is 0.812 bits per heavy atom. The van der Waals surface area contributed by atoms with Crippen molar-refractivity contribution < 1.29 is 18.8 Å². The molecule has 16 heavy (non-hydrogen) atoms. The van der Waals surface area contributed by atoms with E-state index in [1.54, 1.807) is 0 Å². The standard InChI is InChI=1S/C6H4N6O4/c7-5(13)3-1(9-15-11-3)2-4(6(8)14)12-16-10-2/h(H2,7,13)(H2,8,14). The van der Waals surface area contributed by atoms with Gasteiger partial charge < -0.3 is 11.5 Å². The molecule has 2 aromatic heterocycles. The molecule has 10 heteroatoms. The maximum atomic E-state index is 10.9. The smallest absolute Gasteiger partial charge is 0.273 e. The summed E-state index contributed by atoms with van der Waals surface area (Å²) in [6.07, 6.45) is 0. The molecular formula is C6H4N6O4. The van der Waals surface area contributed by atoms with E-state index in [4.69, 9.17) is 11.5 Å². The minimum atomic E-state index is -0.894. The fraction of sp³-hybridized carbons (Fsp3) is 0. The molecule has 2 amide bonds. The van der Waals surface area contributed by atoms with Gasteiger partial charge in [0.15, 0.2) is 11.4 Å². The Balaban J connectivity index is 2.59. The molecule has 0 radical (unpaired) electrons. The Labute approximate surface area is 86.5 Å². The van der Waals surface area contributed by atoms with Gasteiger partial charge in [-0.3, -0.25) is 9.59 Å². The SMILES string of the molecule is NC(=O)c1nonc1-c1nonc1C(N)=O. The topological polar surface area (TPSA) is 164 Å². The molecule has 2 heterocycles. The van der Waals surface area contributed by atoms with Crippen molar-refractivity contribution in [3.63, 3.8) is 0 Å². The zero-order valence-electron chi connectivity index (χ0n) is 7.58. The fourth-order valence-electron chi connectivity index (χ4n) is 1.01. The highest BCUT2D eigenvalue weighted by Crippen LogP contribution is 2.20. The molecule has 0 spiro atoms. The Kier molecular flexibility index (Phi) is 2.08. The number of nitrogens with two attached hydrogens (primary N) is 2. The third kappa shape index (κ3) is 1.37. The van der Waals surface area contributed by atoms with Crippen LogP contribution in [-0.4, -0.2) is 32.4 Å². The van der Waals surface area contributed by atoms with E-state index in [1.165, 1.54) is 0 Å². The third-order valence-electron chi connectivity index (χ3n) is 1.67. The summed E-state index contributed by atoms with van der Waals surface area (Å²) < 4.78 is 8.61. The van der Waals surface area contributed by atoms with Gasteiger partial charge in [0.25, 0.3) is 11.8 Å². The van der Waals surface area contributed by atoms with E-state index in [0.717, 1.165) is 0 Å². The van der Waals surface area contributed by atoms with Crippen LogP contribution in [0.1, 0.15) is 21.0 Å². The number of carbonyl (C=O) groups is 2. The molecule has 0 aliphatic rings. The van der Waals surface area contributed by atoms with Gasteiger partial charge in [-0.25, -0.2) is 9.26 Å². The summed E-state index contributed by atoms with van der Waals surface area (Å²) in [4.78, 5) is 21.8. The number of primary amides is 2. The minimum Gasteiger partial charge on any atom is -0.364 e. The highest BCUT2D eigenvalue weighted by Gasteiger charge is 2.26. The molecule has 2 aromatic rings. The number of rotatable bonds is 3. The average molecular weight is 224 g/mol. The first kappa shape index (κ1) is 9.76. The first-order valence-electron chi connectivity index (χ1n) is 3.86. The van der Waals surface area contributed by atoms with E-state index in [-0.39, 0.29) is 22.8 Å². The summed E-state index contributed by atoms with van der Waals surface area (Å²) in [6.45, 7) is 0. The van der Waals surface area contributed by atoms with Gasteiger partial charge in [0.05, 0.1) is 0 Å². The van der Waals surface area contributed by atoms with Crippen LogP contribution in [0.15, 0.2) is 9.26 Å². The zero-order chi connectivity index (χ0) is 11.7. The lowest BCUT2D eigenvalue weighted by atomic mass is 10.2. The summed E-state index contributed by atoms with van der Waals surface area (Å²) in [5, 5.41) is 13.2. The summed E-state index contributed by atoms with van der Waals surface area (Å²) in [5.74, 6) is -1.79. The molecule has 0 atom stereocenters. The second-order valence-corrected chi connectivity index (χ2v) is 2.65. The number of nitrogens with zero attached hydrogens (tertiary/aromatic N) is 4. The van der Waals surface area contributed by atoms with Crippen molar-refractivity contribution in [2.75, 3.05) is 0 Å². The van der Waals surface area contributed by atoms with E-state index < -0.39 is 11.8 Å². The van der Waals surface area contributed by atoms with Gasteiger partial charge in [0.2, 0.25) is 11.4 Å². The summed E-state index contributed by atoms with van der Waals surface area (Å²) in [6, 6.07) is 0. The number of aromatic nitrogens is 4. The van der Waals surface area contributed by atoms with Crippen molar-refractivity contribution in [3.8, 4) is 11.4 Å². The van der Waals surface area contributed by atoms with Crippen molar-refractivity contribution in [1.29, 1.82) is 0 Å². The first-order chi connectivity index (χ1) is 7.61. The van der Waals surface area contributed by atoms with Crippen LogP contribution in [0, 0.1) is 0 Å². The van der Waals surface area contributed by atoms with Gasteiger partial charge in [-0.1, -0.05) is 0 Å². The Bertz CT molecular complexity index is 507. The molecule has 4 N–H and O–H groups in total. The van der Waals surface area contributed by atoms with Gasteiger partial charge in [0.1, 0.15) is 0 Å². The second kappa shape index (κ2) is 3.42. The van der Waals surface area contributed by atoms with Gasteiger partial charge in [-0.2, -0.15) is 0 Å². The van der Waals surface area contributed by atoms with Crippen LogP contribution < -0.4 is 11.5 Å². The van der Waals surface area contributed by atoms with Crippen LogP contribution in [0.25, 0.3) is 11.4 Å². The fourth-order valence-corrected chi connectivity index (χ4v) is 1.01. The number of hydrogen-bond acceptors (Lipinski definition) is 8. The van der Waals surface area contributed by atoms with Crippen LogP contribution in [0.5, 0.6) is 0 Å². The molecule has 0 aromatic carbocycles. The van der Waals surface area contributed by atoms with Crippen LogP contribution >= 0.6 is 0 Å². The molecule has 0 unspecified atom stereocenters. The van der Waals surface area contributed by atoms with Gasteiger partial charge >= 0.3 is 0 Å². The molecular weight excluding hydrogens is 220 g/mol. The molecule has 0 aliphatic heterocycles. The summed E-state index contributed by atoms with van der Waals surface area (Å²) >= 11 is 0. The lowest BCUT2D eigenvalue weighted by Crippen LogP contribution is -2.15. The maximum Gasteiger partial charge on any atom is 0.273 e. The number of hydrogen-bond donors (Lipinski definition) is 2. The largest absolute Gasteiger partial charge is 0.364 e. The molecule has 82 valence electrons. The molecule has 0 bridgehead atoms. The van der Waals surface area contributed by atoms with Crippen LogP contribution in [0.4, 0.5) is 0 Å². The van der Waals surface area contributed by atoms with Crippen molar-refractivity contribution in [3.05, 3.63) is 11.4 Å². The molecule has 0 saturated heterocycles. The highest BCUT2D eigenvalue weighted by molar-refractivity contribution is 6.01. The Morgan fingerprint density at radius 2 is 1.19 bits per heavy atom. The molecule has 2 rings (SSSR count).